The van der Waals surface area contributed by atoms with Gasteiger partial charge in [0.15, 0.2) is 6.29 Å². The molecule has 0 spiro atoms. The van der Waals surface area contributed by atoms with Crippen molar-refractivity contribution in [2.75, 3.05) is 6.61 Å². The summed E-state index contributed by atoms with van der Waals surface area (Å²) in [5.41, 5.74) is 0. The van der Waals surface area contributed by atoms with Crippen LogP contribution in [0.2, 0.25) is 0 Å². The van der Waals surface area contributed by atoms with Crippen LogP contribution in [0.25, 0.3) is 0 Å². The van der Waals surface area contributed by atoms with E-state index >= 15 is 0 Å². The quantitative estimate of drug-likeness (QED) is 0.245. The van der Waals surface area contributed by atoms with Crippen molar-refractivity contribution in [1.29, 1.82) is 0 Å². The molecule has 0 unspecified atom stereocenters. The Morgan fingerprint density at radius 3 is 2.00 bits per heavy atom. The monoisotopic (exact) mass is 274 g/mol. The normalized spacial score (nSPS) is 16.3. The van der Waals surface area contributed by atoms with Crippen molar-refractivity contribution in [2.24, 2.45) is 0 Å². The Labute approximate surface area is 136 Å². The Hall–Kier alpha value is 1.66. The van der Waals surface area contributed by atoms with Gasteiger partial charge in [-0.1, -0.05) is 0 Å². The van der Waals surface area contributed by atoms with E-state index in [9.17, 15) is 19.1 Å². The number of rotatable bonds is 6. The molecular weight excluding hydrogens is 265 g/mol. The predicted molar refractivity (Wildman–Crippen MR) is 37.6 cm³/mol. The maximum atomic E-state index is 9.92. The largest absolute Gasteiger partial charge is 1.00 e. The van der Waals surface area contributed by atoms with Gasteiger partial charge in [0.05, 0.1) is 14.4 Å². The number of hydrogen-bond acceptors (Lipinski definition) is 8. The van der Waals surface area contributed by atoms with Gasteiger partial charge in [0.1, 0.15) is 18.3 Å². The van der Waals surface area contributed by atoms with Crippen LogP contribution in [0.1, 0.15) is 0 Å². The van der Waals surface area contributed by atoms with E-state index in [1.54, 1.807) is 0 Å². The zero-order valence-electron chi connectivity index (χ0n) is 8.85. The van der Waals surface area contributed by atoms with Gasteiger partial charge in [-0.15, -0.1) is 0 Å². The van der Waals surface area contributed by atoms with Crippen LogP contribution in [-0.4, -0.2) is 46.5 Å². The van der Waals surface area contributed by atoms with Gasteiger partial charge >= 0.3 is 59.1 Å². The third-order valence-electron chi connectivity index (χ3n) is 1.29. The van der Waals surface area contributed by atoms with E-state index in [1.165, 1.54) is 0 Å². The molecule has 0 amide bonds. The molecule has 0 aliphatic rings. The summed E-state index contributed by atoms with van der Waals surface area (Å²) in [6, 6.07) is 0. The molecule has 3 atom stereocenters. The predicted octanol–water partition coefficient (Wildman–Crippen LogP) is -9.88. The van der Waals surface area contributed by atoms with Crippen molar-refractivity contribution in [1.82, 2.24) is 0 Å². The van der Waals surface area contributed by atoms with Crippen molar-refractivity contribution < 1.29 is 98.1 Å². The van der Waals surface area contributed by atoms with Crippen LogP contribution < -0.4 is 68.9 Å². The molecule has 3 N–H and O–H groups in total. The Morgan fingerprint density at radius 2 is 1.69 bits per heavy atom. The van der Waals surface area contributed by atoms with E-state index in [2.05, 4.69) is 4.52 Å². The van der Waals surface area contributed by atoms with Crippen molar-refractivity contribution in [3.8, 4) is 0 Å². The minimum Gasteiger partial charge on any atom is -0.790 e. The zero-order valence-corrected chi connectivity index (χ0v) is 13.7. The number of phosphoric ester groups is 1. The number of aldehydes is 1. The number of phosphoric acid groups is 1. The SMILES string of the molecule is O=C[C@H](O)[C@H](O)[C@H](O)COP(=O)([O-])[O-].[Na+].[Na+]. The van der Waals surface area contributed by atoms with E-state index in [4.69, 9.17) is 15.3 Å². The van der Waals surface area contributed by atoms with Gasteiger partial charge < -0.3 is 39.0 Å². The molecule has 0 heterocycles. The van der Waals surface area contributed by atoms with E-state index in [-0.39, 0.29) is 65.4 Å². The summed E-state index contributed by atoms with van der Waals surface area (Å²) in [5, 5.41) is 26.4. The fraction of sp³-hybridized carbons (Fsp3) is 0.800. The molecule has 0 radical (unpaired) electrons. The van der Waals surface area contributed by atoms with E-state index < -0.39 is 32.7 Å². The molecule has 0 aromatic rings. The molecule has 0 aliphatic heterocycles. The van der Waals surface area contributed by atoms with Gasteiger partial charge in [0.25, 0.3) is 0 Å². The maximum absolute atomic E-state index is 9.92. The third kappa shape index (κ3) is 10.8. The summed E-state index contributed by atoms with van der Waals surface area (Å²) >= 11 is 0. The fourth-order valence-corrected chi connectivity index (χ4v) is 0.910. The molecule has 11 heteroatoms. The van der Waals surface area contributed by atoms with E-state index in [0.717, 1.165) is 0 Å². The molecule has 0 saturated heterocycles. The molecule has 0 aromatic heterocycles. The second-order valence-electron chi connectivity index (χ2n) is 2.43. The summed E-state index contributed by atoms with van der Waals surface area (Å²) in [5.74, 6) is 0. The van der Waals surface area contributed by atoms with Crippen molar-refractivity contribution in [3.05, 3.63) is 0 Å². The zero-order chi connectivity index (χ0) is 11.4. The van der Waals surface area contributed by atoms with Gasteiger partial charge in [-0.3, -0.25) is 0 Å². The summed E-state index contributed by atoms with van der Waals surface area (Å²) in [7, 11) is -5.24. The number of carbonyl (C=O) groups excluding carboxylic acids is 1. The summed E-state index contributed by atoms with van der Waals surface area (Å²) in [6.45, 7) is -1.02. The van der Waals surface area contributed by atoms with Crippen LogP contribution >= 0.6 is 7.82 Å². The fourth-order valence-electron chi connectivity index (χ4n) is 0.574. The Kier molecular flexibility index (Phi) is 15.1. The van der Waals surface area contributed by atoms with Crippen LogP contribution in [0, 0.1) is 0 Å². The minimum absolute atomic E-state index is 0. The molecule has 0 aromatic carbocycles. The van der Waals surface area contributed by atoms with Gasteiger partial charge in [-0.05, 0) is 0 Å². The smallest absolute Gasteiger partial charge is 0.790 e. The maximum Gasteiger partial charge on any atom is 1.00 e. The molecule has 8 nitrogen and oxygen atoms in total. The topological polar surface area (TPSA) is 150 Å². The number of aliphatic hydroxyl groups is 3. The molecule has 0 rings (SSSR count). The summed E-state index contributed by atoms with van der Waals surface area (Å²) in [6.07, 6.45) is -5.67. The first kappa shape index (κ1) is 22.8. The van der Waals surface area contributed by atoms with Crippen molar-refractivity contribution in [2.45, 2.75) is 18.3 Å². The second kappa shape index (κ2) is 10.6. The molecule has 0 saturated carbocycles. The van der Waals surface area contributed by atoms with Gasteiger partial charge in [-0.25, -0.2) is 0 Å². The Bertz CT molecular complexity index is 232. The van der Waals surface area contributed by atoms with Crippen LogP contribution in [0.4, 0.5) is 0 Å². The van der Waals surface area contributed by atoms with Gasteiger partial charge in [0, 0.05) is 0 Å². The molecule has 0 bridgehead atoms. The number of hydrogen-bond donors (Lipinski definition) is 3. The van der Waals surface area contributed by atoms with Gasteiger partial charge in [0.2, 0.25) is 0 Å². The Morgan fingerprint density at radius 1 is 1.25 bits per heavy atom. The molecule has 16 heavy (non-hydrogen) atoms. The average molecular weight is 274 g/mol. The molecular formula is C5H9Na2O8P. The summed E-state index contributed by atoms with van der Waals surface area (Å²) < 4.78 is 13.5. The number of aliphatic hydroxyl groups excluding tert-OH is 3. The molecule has 0 fully saturated rings. The Balaban J connectivity index is -0.000000845. The third-order valence-corrected chi connectivity index (χ3v) is 1.75. The van der Waals surface area contributed by atoms with Crippen LogP contribution in [0.5, 0.6) is 0 Å². The number of carbonyl (C=O) groups is 1. The van der Waals surface area contributed by atoms with Crippen LogP contribution in [-0.2, 0) is 13.9 Å². The van der Waals surface area contributed by atoms with E-state index in [1.807, 2.05) is 0 Å². The first-order valence-corrected chi connectivity index (χ1v) is 4.90. The van der Waals surface area contributed by atoms with Crippen LogP contribution in [0.15, 0.2) is 0 Å². The average Bonchev–Trinajstić information content (AvgIpc) is 2.10. The first-order valence-electron chi connectivity index (χ1n) is 3.44. The minimum atomic E-state index is -5.24. The second-order valence-corrected chi connectivity index (χ2v) is 3.58. The first-order chi connectivity index (χ1) is 6.28. The van der Waals surface area contributed by atoms with Crippen molar-refractivity contribution in [3.63, 3.8) is 0 Å². The van der Waals surface area contributed by atoms with E-state index in [0.29, 0.717) is 0 Å². The standard InChI is InChI=1S/C5H11O8P.2Na/c6-1-3(7)5(9)4(8)2-13-14(10,11)12;;/h1,3-5,7-9H,2H2,(H2,10,11,12);;/q;2*+1/p-2/t3-,4+,5-;;/m0../s1. The molecule has 0 aliphatic carbocycles. The van der Waals surface area contributed by atoms with Crippen molar-refractivity contribution >= 4 is 14.1 Å². The molecule has 84 valence electrons. The van der Waals surface area contributed by atoms with Crippen LogP contribution in [0.3, 0.4) is 0 Å². The summed E-state index contributed by atoms with van der Waals surface area (Å²) in [4.78, 5) is 29.8. The van der Waals surface area contributed by atoms with Gasteiger partial charge in [-0.2, -0.15) is 0 Å².